The molecule has 2 heterocycles. The van der Waals surface area contributed by atoms with Gasteiger partial charge in [-0.25, -0.2) is 4.98 Å². The summed E-state index contributed by atoms with van der Waals surface area (Å²) >= 11 is 0. The highest BCUT2D eigenvalue weighted by atomic mass is 16.5. The van der Waals surface area contributed by atoms with Crippen LogP contribution in [0.3, 0.4) is 0 Å². The Bertz CT molecular complexity index is 647. The van der Waals surface area contributed by atoms with Crippen LogP contribution in [0.2, 0.25) is 0 Å². The van der Waals surface area contributed by atoms with E-state index in [2.05, 4.69) is 15.5 Å². The standard InChI is InChI=1S/C14H18N4O2/c1-7(2)11-5-10(6-12(15)16-11)13(19)17-14-8(3)9(4)18-20-14/h5-7H,1-4H3,(H2,15,16)(H,17,19). The van der Waals surface area contributed by atoms with Crippen LogP contribution in [0, 0.1) is 13.8 Å². The second-order valence-electron chi connectivity index (χ2n) is 5.04. The number of rotatable bonds is 3. The minimum Gasteiger partial charge on any atom is -0.384 e. The van der Waals surface area contributed by atoms with Gasteiger partial charge in [0.1, 0.15) is 5.82 Å². The lowest BCUT2D eigenvalue weighted by Crippen LogP contribution is -2.14. The zero-order valence-electron chi connectivity index (χ0n) is 12.0. The Morgan fingerprint density at radius 3 is 2.60 bits per heavy atom. The van der Waals surface area contributed by atoms with Crippen LogP contribution < -0.4 is 11.1 Å². The number of anilines is 2. The van der Waals surface area contributed by atoms with Gasteiger partial charge in [-0.3, -0.25) is 10.1 Å². The molecule has 0 atom stereocenters. The second-order valence-corrected chi connectivity index (χ2v) is 5.04. The summed E-state index contributed by atoms with van der Waals surface area (Å²) in [6.45, 7) is 7.64. The summed E-state index contributed by atoms with van der Waals surface area (Å²) in [7, 11) is 0. The predicted molar refractivity (Wildman–Crippen MR) is 76.7 cm³/mol. The van der Waals surface area contributed by atoms with Crippen LogP contribution in [-0.2, 0) is 0 Å². The van der Waals surface area contributed by atoms with Crippen LogP contribution in [0.1, 0.15) is 47.1 Å². The molecule has 3 N–H and O–H groups in total. The molecule has 0 radical (unpaired) electrons. The van der Waals surface area contributed by atoms with Gasteiger partial charge < -0.3 is 10.3 Å². The van der Waals surface area contributed by atoms with Gasteiger partial charge in [-0.1, -0.05) is 19.0 Å². The highest BCUT2D eigenvalue weighted by Gasteiger charge is 2.15. The molecule has 0 aromatic carbocycles. The number of nitrogen functional groups attached to an aromatic ring is 1. The van der Waals surface area contributed by atoms with Crippen molar-refractivity contribution >= 4 is 17.6 Å². The van der Waals surface area contributed by atoms with Crippen LogP contribution in [0.5, 0.6) is 0 Å². The zero-order valence-corrected chi connectivity index (χ0v) is 12.0. The number of hydrogen-bond acceptors (Lipinski definition) is 5. The third kappa shape index (κ3) is 2.79. The first kappa shape index (κ1) is 14.0. The number of aromatic nitrogens is 2. The summed E-state index contributed by atoms with van der Waals surface area (Å²) in [5.41, 5.74) is 8.52. The molecule has 0 saturated heterocycles. The van der Waals surface area contributed by atoms with Crippen LogP contribution in [0.15, 0.2) is 16.7 Å². The van der Waals surface area contributed by atoms with Gasteiger partial charge in [-0.05, 0) is 31.9 Å². The number of carbonyl (C=O) groups is 1. The molecule has 6 heteroatoms. The maximum absolute atomic E-state index is 12.2. The lowest BCUT2D eigenvalue weighted by Gasteiger charge is -2.08. The average molecular weight is 274 g/mol. The van der Waals surface area contributed by atoms with E-state index in [0.717, 1.165) is 17.0 Å². The maximum atomic E-state index is 12.2. The molecule has 0 bridgehead atoms. The number of amides is 1. The molecule has 0 saturated carbocycles. The molecule has 0 aliphatic carbocycles. The normalized spacial score (nSPS) is 10.8. The summed E-state index contributed by atoms with van der Waals surface area (Å²) in [4.78, 5) is 16.4. The summed E-state index contributed by atoms with van der Waals surface area (Å²) in [5, 5.41) is 6.49. The first-order valence-corrected chi connectivity index (χ1v) is 6.40. The molecule has 20 heavy (non-hydrogen) atoms. The van der Waals surface area contributed by atoms with E-state index >= 15 is 0 Å². The van der Waals surface area contributed by atoms with Crippen molar-refractivity contribution in [2.45, 2.75) is 33.6 Å². The fraction of sp³-hybridized carbons (Fsp3) is 0.357. The first-order chi connectivity index (χ1) is 9.38. The first-order valence-electron chi connectivity index (χ1n) is 6.40. The molecular formula is C14H18N4O2. The van der Waals surface area contributed by atoms with Crippen LogP contribution in [0.25, 0.3) is 0 Å². The monoisotopic (exact) mass is 274 g/mol. The van der Waals surface area contributed by atoms with E-state index in [1.54, 1.807) is 12.1 Å². The topological polar surface area (TPSA) is 94.0 Å². The van der Waals surface area contributed by atoms with Crippen molar-refractivity contribution in [3.8, 4) is 0 Å². The van der Waals surface area contributed by atoms with Crippen molar-refractivity contribution in [2.24, 2.45) is 0 Å². The molecule has 106 valence electrons. The van der Waals surface area contributed by atoms with E-state index in [-0.39, 0.29) is 11.8 Å². The van der Waals surface area contributed by atoms with Gasteiger partial charge in [0.15, 0.2) is 0 Å². The number of aryl methyl sites for hydroxylation is 1. The van der Waals surface area contributed by atoms with E-state index < -0.39 is 0 Å². The minimum atomic E-state index is -0.291. The molecule has 2 aromatic heterocycles. The van der Waals surface area contributed by atoms with Gasteiger partial charge in [0.2, 0.25) is 5.88 Å². The maximum Gasteiger partial charge on any atom is 0.258 e. The highest BCUT2D eigenvalue weighted by molar-refractivity contribution is 6.04. The van der Waals surface area contributed by atoms with E-state index in [0.29, 0.717) is 17.3 Å². The van der Waals surface area contributed by atoms with E-state index in [1.807, 2.05) is 27.7 Å². The molecule has 6 nitrogen and oxygen atoms in total. The van der Waals surface area contributed by atoms with Crippen molar-refractivity contribution in [1.82, 2.24) is 10.1 Å². The van der Waals surface area contributed by atoms with Crippen molar-refractivity contribution < 1.29 is 9.32 Å². The van der Waals surface area contributed by atoms with Gasteiger partial charge >= 0.3 is 0 Å². The molecular weight excluding hydrogens is 256 g/mol. The number of nitrogens with zero attached hydrogens (tertiary/aromatic N) is 2. The zero-order chi connectivity index (χ0) is 14.9. The van der Waals surface area contributed by atoms with Gasteiger partial charge in [0.05, 0.1) is 5.69 Å². The summed E-state index contributed by atoms with van der Waals surface area (Å²) < 4.78 is 5.07. The fourth-order valence-electron chi connectivity index (χ4n) is 1.71. The quantitative estimate of drug-likeness (QED) is 0.897. The predicted octanol–water partition coefficient (Wildman–Crippen LogP) is 2.64. The largest absolute Gasteiger partial charge is 0.384 e. The van der Waals surface area contributed by atoms with Crippen molar-refractivity contribution in [3.05, 3.63) is 34.6 Å². The molecule has 0 fully saturated rings. The van der Waals surface area contributed by atoms with Gasteiger partial charge in [-0.15, -0.1) is 0 Å². The van der Waals surface area contributed by atoms with Crippen LogP contribution >= 0.6 is 0 Å². The molecule has 0 unspecified atom stereocenters. The lowest BCUT2D eigenvalue weighted by molar-refractivity contribution is 0.102. The third-order valence-corrected chi connectivity index (χ3v) is 3.10. The van der Waals surface area contributed by atoms with Crippen molar-refractivity contribution in [1.29, 1.82) is 0 Å². The number of nitrogens with two attached hydrogens (primary N) is 1. The third-order valence-electron chi connectivity index (χ3n) is 3.10. The van der Waals surface area contributed by atoms with E-state index in [1.165, 1.54) is 0 Å². The Morgan fingerprint density at radius 1 is 1.35 bits per heavy atom. The SMILES string of the molecule is Cc1noc(NC(=O)c2cc(N)nc(C(C)C)c2)c1C. The highest BCUT2D eigenvalue weighted by Crippen LogP contribution is 2.20. The van der Waals surface area contributed by atoms with Gasteiger partial charge in [0.25, 0.3) is 5.91 Å². The van der Waals surface area contributed by atoms with Gasteiger partial charge in [0, 0.05) is 16.8 Å². The molecule has 0 aliphatic rings. The molecule has 2 aromatic rings. The van der Waals surface area contributed by atoms with Crippen molar-refractivity contribution in [2.75, 3.05) is 11.1 Å². The number of hydrogen-bond donors (Lipinski definition) is 2. The molecule has 0 spiro atoms. The second kappa shape index (κ2) is 5.32. The Balaban J connectivity index is 2.27. The Hall–Kier alpha value is -2.37. The number of pyridine rings is 1. The number of nitrogens with one attached hydrogen (secondary N) is 1. The summed E-state index contributed by atoms with van der Waals surface area (Å²) in [5.74, 6) is 0.584. The molecule has 0 aliphatic heterocycles. The van der Waals surface area contributed by atoms with Crippen LogP contribution in [0.4, 0.5) is 11.7 Å². The minimum absolute atomic E-state index is 0.194. The Labute approximate surface area is 117 Å². The summed E-state index contributed by atoms with van der Waals surface area (Å²) in [6.07, 6.45) is 0. The van der Waals surface area contributed by atoms with Gasteiger partial charge in [-0.2, -0.15) is 0 Å². The fourth-order valence-corrected chi connectivity index (χ4v) is 1.71. The summed E-state index contributed by atoms with van der Waals surface area (Å²) in [6, 6.07) is 3.27. The Kier molecular flexibility index (Phi) is 3.74. The average Bonchev–Trinajstić information content (AvgIpc) is 2.70. The van der Waals surface area contributed by atoms with Crippen LogP contribution in [-0.4, -0.2) is 16.0 Å². The Morgan fingerprint density at radius 2 is 2.05 bits per heavy atom. The lowest BCUT2D eigenvalue weighted by atomic mass is 10.1. The number of carbonyl (C=O) groups excluding carboxylic acids is 1. The molecule has 1 amide bonds. The smallest absolute Gasteiger partial charge is 0.258 e. The molecule has 2 rings (SSSR count). The van der Waals surface area contributed by atoms with Crippen molar-refractivity contribution in [3.63, 3.8) is 0 Å². The van der Waals surface area contributed by atoms with E-state index in [9.17, 15) is 4.79 Å². The van der Waals surface area contributed by atoms with E-state index in [4.69, 9.17) is 10.3 Å².